The molecule has 38 heavy (non-hydrogen) atoms. The SMILES string of the molecule is Brc1ccc(-c2sc(-c3cc4ccccc4c4ccccc34)c(-c3ccccc3)c2-c2ccccc2)cc1. The van der Waals surface area contributed by atoms with Gasteiger partial charge in [-0.2, -0.15) is 0 Å². The Balaban J connectivity index is 1.65. The summed E-state index contributed by atoms with van der Waals surface area (Å²) < 4.78 is 1.09. The first-order chi connectivity index (χ1) is 18.8. The lowest BCUT2D eigenvalue weighted by Gasteiger charge is -2.13. The Hall–Kier alpha value is -3.98. The number of benzene rings is 6. The topological polar surface area (TPSA) is 0 Å². The number of halogens is 1. The minimum absolute atomic E-state index is 1.09. The van der Waals surface area contributed by atoms with E-state index in [2.05, 4.69) is 155 Å². The maximum Gasteiger partial charge on any atom is 0.0440 e. The molecule has 7 aromatic rings. The third kappa shape index (κ3) is 3.98. The standard InChI is InChI=1S/C36H23BrS/c37-28-21-19-26(20-22-28)35-33(24-11-3-1-4-12-24)34(25-13-5-2-6-14-25)36(38-35)32-23-27-15-7-8-16-29(27)30-17-9-10-18-31(30)32/h1-23H. The van der Waals surface area contributed by atoms with Gasteiger partial charge in [-0.05, 0) is 56.4 Å². The highest BCUT2D eigenvalue weighted by molar-refractivity contribution is 9.10. The first-order valence-corrected chi connectivity index (χ1v) is 14.3. The van der Waals surface area contributed by atoms with Crippen LogP contribution in [0.4, 0.5) is 0 Å². The number of hydrogen-bond acceptors (Lipinski definition) is 1. The van der Waals surface area contributed by atoms with Gasteiger partial charge in [0.2, 0.25) is 0 Å². The van der Waals surface area contributed by atoms with Crippen LogP contribution < -0.4 is 0 Å². The largest absolute Gasteiger partial charge is 0.134 e. The van der Waals surface area contributed by atoms with Gasteiger partial charge in [-0.1, -0.05) is 137 Å². The third-order valence-corrected chi connectivity index (χ3v) is 8.95. The van der Waals surface area contributed by atoms with Crippen molar-refractivity contribution in [2.75, 3.05) is 0 Å². The fourth-order valence-electron chi connectivity index (χ4n) is 5.43. The van der Waals surface area contributed by atoms with E-state index in [1.54, 1.807) is 0 Å². The van der Waals surface area contributed by atoms with Crippen molar-refractivity contribution in [3.8, 4) is 43.1 Å². The highest BCUT2D eigenvalue weighted by Gasteiger charge is 2.24. The lowest BCUT2D eigenvalue weighted by Crippen LogP contribution is -1.87. The van der Waals surface area contributed by atoms with Gasteiger partial charge in [0.1, 0.15) is 0 Å². The second kappa shape index (κ2) is 9.72. The summed E-state index contributed by atoms with van der Waals surface area (Å²) in [6, 6.07) is 50.4. The number of rotatable bonds is 4. The fourth-order valence-corrected chi connectivity index (χ4v) is 7.07. The van der Waals surface area contributed by atoms with Crippen molar-refractivity contribution < 1.29 is 0 Å². The molecular weight excluding hydrogens is 544 g/mol. The summed E-state index contributed by atoms with van der Waals surface area (Å²) in [5.41, 5.74) is 7.56. The Bertz CT molecular complexity index is 1900. The van der Waals surface area contributed by atoms with Crippen LogP contribution >= 0.6 is 27.3 Å². The van der Waals surface area contributed by atoms with Crippen LogP contribution in [-0.2, 0) is 0 Å². The van der Waals surface area contributed by atoms with Gasteiger partial charge in [0.25, 0.3) is 0 Å². The molecular formula is C36H23BrS. The smallest absolute Gasteiger partial charge is 0.0440 e. The van der Waals surface area contributed by atoms with Crippen molar-refractivity contribution in [2.24, 2.45) is 0 Å². The Morgan fingerprint density at radius 1 is 0.421 bits per heavy atom. The fraction of sp³-hybridized carbons (Fsp3) is 0. The quantitative estimate of drug-likeness (QED) is 0.186. The molecule has 0 atom stereocenters. The summed E-state index contributed by atoms with van der Waals surface area (Å²) in [7, 11) is 0. The predicted molar refractivity (Wildman–Crippen MR) is 169 cm³/mol. The molecule has 1 aromatic heterocycles. The molecule has 0 saturated heterocycles. The summed E-state index contributed by atoms with van der Waals surface area (Å²) in [6.45, 7) is 0. The molecule has 1 heterocycles. The summed E-state index contributed by atoms with van der Waals surface area (Å²) in [5.74, 6) is 0. The molecule has 7 rings (SSSR count). The van der Waals surface area contributed by atoms with Crippen molar-refractivity contribution in [3.05, 3.63) is 144 Å². The van der Waals surface area contributed by atoms with Gasteiger partial charge in [0.15, 0.2) is 0 Å². The van der Waals surface area contributed by atoms with Crippen LogP contribution in [0.15, 0.2) is 144 Å². The van der Waals surface area contributed by atoms with Crippen LogP contribution in [0.1, 0.15) is 0 Å². The summed E-state index contributed by atoms with van der Waals surface area (Å²) in [4.78, 5) is 2.59. The monoisotopic (exact) mass is 566 g/mol. The number of hydrogen-bond donors (Lipinski definition) is 0. The second-order valence-electron chi connectivity index (χ2n) is 9.44. The van der Waals surface area contributed by atoms with Crippen LogP contribution in [-0.4, -0.2) is 0 Å². The Kier molecular flexibility index (Phi) is 5.92. The maximum atomic E-state index is 3.63. The molecule has 0 N–H and O–H groups in total. The van der Waals surface area contributed by atoms with E-state index in [-0.39, 0.29) is 0 Å². The molecule has 0 unspecified atom stereocenters. The van der Waals surface area contributed by atoms with Crippen molar-refractivity contribution >= 4 is 48.8 Å². The van der Waals surface area contributed by atoms with Gasteiger partial charge in [0.05, 0.1) is 0 Å². The van der Waals surface area contributed by atoms with Crippen LogP contribution in [0.3, 0.4) is 0 Å². The molecule has 0 amide bonds. The van der Waals surface area contributed by atoms with E-state index in [1.807, 2.05) is 11.3 Å². The second-order valence-corrected chi connectivity index (χ2v) is 11.4. The van der Waals surface area contributed by atoms with Gasteiger partial charge in [0, 0.05) is 30.9 Å². The minimum Gasteiger partial charge on any atom is -0.134 e. The third-order valence-electron chi connectivity index (χ3n) is 7.15. The molecule has 0 fully saturated rings. The van der Waals surface area contributed by atoms with Crippen molar-refractivity contribution in [1.29, 1.82) is 0 Å². The zero-order valence-electron chi connectivity index (χ0n) is 20.6. The molecule has 2 heteroatoms. The lowest BCUT2D eigenvalue weighted by atomic mass is 9.89. The van der Waals surface area contributed by atoms with Crippen LogP contribution in [0.2, 0.25) is 0 Å². The van der Waals surface area contributed by atoms with E-state index < -0.39 is 0 Å². The highest BCUT2D eigenvalue weighted by atomic mass is 79.9. The van der Waals surface area contributed by atoms with Crippen LogP contribution in [0.5, 0.6) is 0 Å². The minimum atomic E-state index is 1.09. The molecule has 0 aliphatic carbocycles. The van der Waals surface area contributed by atoms with Gasteiger partial charge in [-0.25, -0.2) is 0 Å². The van der Waals surface area contributed by atoms with Gasteiger partial charge in [-0.15, -0.1) is 11.3 Å². The maximum absolute atomic E-state index is 3.63. The van der Waals surface area contributed by atoms with E-state index in [4.69, 9.17) is 0 Å². The Morgan fingerprint density at radius 3 is 1.61 bits per heavy atom. The zero-order chi connectivity index (χ0) is 25.5. The molecule has 0 nitrogen and oxygen atoms in total. The lowest BCUT2D eigenvalue weighted by molar-refractivity contribution is 1.61. The van der Waals surface area contributed by atoms with E-state index in [0.29, 0.717) is 0 Å². The van der Waals surface area contributed by atoms with Gasteiger partial charge in [-0.3, -0.25) is 0 Å². The summed E-state index contributed by atoms with van der Waals surface area (Å²) in [5, 5.41) is 5.13. The molecule has 180 valence electrons. The van der Waals surface area contributed by atoms with E-state index in [1.165, 1.54) is 64.7 Å². The number of thiophene rings is 1. The first-order valence-electron chi connectivity index (χ1n) is 12.7. The summed E-state index contributed by atoms with van der Waals surface area (Å²) in [6.07, 6.45) is 0. The van der Waals surface area contributed by atoms with Crippen LogP contribution in [0.25, 0.3) is 64.7 Å². The molecule has 0 bridgehead atoms. The predicted octanol–water partition coefficient (Wildman–Crippen LogP) is 11.5. The average Bonchev–Trinajstić information content (AvgIpc) is 3.38. The Labute approximate surface area is 235 Å². The van der Waals surface area contributed by atoms with Gasteiger partial charge < -0.3 is 0 Å². The van der Waals surface area contributed by atoms with Crippen molar-refractivity contribution in [1.82, 2.24) is 0 Å². The van der Waals surface area contributed by atoms with Gasteiger partial charge >= 0.3 is 0 Å². The van der Waals surface area contributed by atoms with Crippen molar-refractivity contribution in [2.45, 2.75) is 0 Å². The molecule has 0 radical (unpaired) electrons. The molecule has 6 aromatic carbocycles. The first kappa shape index (κ1) is 23.2. The van der Waals surface area contributed by atoms with Crippen molar-refractivity contribution in [3.63, 3.8) is 0 Å². The number of fused-ring (bicyclic) bond motifs is 3. The zero-order valence-corrected chi connectivity index (χ0v) is 23.0. The normalized spacial score (nSPS) is 11.3. The molecule has 0 aliphatic heterocycles. The molecule has 0 saturated carbocycles. The molecule has 0 spiro atoms. The van der Waals surface area contributed by atoms with E-state index in [0.717, 1.165) is 4.47 Å². The summed E-state index contributed by atoms with van der Waals surface area (Å²) >= 11 is 5.52. The average molecular weight is 568 g/mol. The highest BCUT2D eigenvalue weighted by Crippen LogP contribution is 2.53. The molecule has 0 aliphatic rings. The Morgan fingerprint density at radius 2 is 0.947 bits per heavy atom. The van der Waals surface area contributed by atoms with E-state index >= 15 is 0 Å². The van der Waals surface area contributed by atoms with Crippen LogP contribution in [0, 0.1) is 0 Å². The van der Waals surface area contributed by atoms with E-state index in [9.17, 15) is 0 Å².